The topological polar surface area (TPSA) is 95.9 Å². The first-order valence-corrected chi connectivity index (χ1v) is 6.40. The molecule has 0 fully saturated rings. The Balaban J connectivity index is 2.96. The van der Waals surface area contributed by atoms with E-state index in [4.69, 9.17) is 14.9 Å². The summed E-state index contributed by atoms with van der Waals surface area (Å²) in [4.78, 5) is 0.0174. The molecule has 0 unspecified atom stereocenters. The van der Waals surface area contributed by atoms with Gasteiger partial charge in [-0.15, -0.1) is 0 Å². The molecule has 6 nitrogen and oxygen atoms in total. The van der Waals surface area contributed by atoms with E-state index >= 15 is 0 Å². The summed E-state index contributed by atoms with van der Waals surface area (Å²) >= 11 is 0. The molecule has 0 aliphatic carbocycles. The van der Waals surface area contributed by atoms with Crippen LogP contribution in [0, 0.1) is 0 Å². The van der Waals surface area contributed by atoms with E-state index in [0.29, 0.717) is 5.75 Å². The molecule has 0 atom stereocenters. The van der Waals surface area contributed by atoms with Gasteiger partial charge in [0.1, 0.15) is 5.75 Å². The second-order valence-corrected chi connectivity index (χ2v) is 5.08. The summed E-state index contributed by atoms with van der Waals surface area (Å²) < 4.78 is 30.8. The van der Waals surface area contributed by atoms with E-state index in [1.54, 1.807) is 12.1 Å². The summed E-state index contributed by atoms with van der Waals surface area (Å²) in [5.74, 6) is 0.414. The largest absolute Gasteiger partial charge is 0.497 e. The van der Waals surface area contributed by atoms with E-state index in [2.05, 4.69) is 4.72 Å². The van der Waals surface area contributed by atoms with Crippen LogP contribution >= 0.6 is 0 Å². The lowest BCUT2D eigenvalue weighted by atomic mass is 10.3. The van der Waals surface area contributed by atoms with Crippen molar-refractivity contribution in [3.05, 3.63) is 24.3 Å². The quantitative estimate of drug-likeness (QED) is 0.631. The normalized spacial score (nSPS) is 11.8. The molecule has 3 N–H and O–H groups in total. The van der Waals surface area contributed by atoms with Crippen LogP contribution in [0.25, 0.3) is 0 Å². The zero-order valence-corrected chi connectivity index (χ0v) is 10.1. The van der Waals surface area contributed by atoms with Crippen LogP contribution in [0.4, 0.5) is 0 Å². The third-order valence-electron chi connectivity index (χ3n) is 2.11. The summed E-state index contributed by atoms with van der Waals surface area (Å²) in [6.45, 7) is -0.945. The Kier molecular flexibility index (Phi) is 4.88. The molecular formula is C10H15NO5S. The monoisotopic (exact) mass is 261 g/mol. The minimum absolute atomic E-state index is 0.0174. The second kappa shape index (κ2) is 5.97. The minimum atomic E-state index is -3.77. The first-order chi connectivity index (χ1) is 8.03. The van der Waals surface area contributed by atoms with Gasteiger partial charge in [0.15, 0.2) is 0 Å². The summed E-state index contributed by atoms with van der Waals surface area (Å²) in [5, 5.41) is 17.7. The lowest BCUT2D eigenvalue weighted by Crippen LogP contribution is -2.39. The van der Waals surface area contributed by atoms with Crippen molar-refractivity contribution in [1.82, 2.24) is 4.72 Å². The number of hydrogen-bond acceptors (Lipinski definition) is 5. The maximum absolute atomic E-state index is 11.8. The van der Waals surface area contributed by atoms with Gasteiger partial charge >= 0.3 is 0 Å². The van der Waals surface area contributed by atoms with E-state index in [1.165, 1.54) is 19.2 Å². The number of sulfonamides is 1. The van der Waals surface area contributed by atoms with Gasteiger partial charge < -0.3 is 14.9 Å². The van der Waals surface area contributed by atoms with E-state index in [-0.39, 0.29) is 4.90 Å². The van der Waals surface area contributed by atoms with Gasteiger partial charge in [0, 0.05) is 6.07 Å². The third-order valence-corrected chi connectivity index (χ3v) is 3.63. The fourth-order valence-electron chi connectivity index (χ4n) is 1.19. The summed E-state index contributed by atoms with van der Waals surface area (Å²) in [7, 11) is -2.33. The van der Waals surface area contributed by atoms with Gasteiger partial charge in [-0.25, -0.2) is 13.1 Å². The minimum Gasteiger partial charge on any atom is -0.497 e. The molecule has 0 bridgehead atoms. The van der Waals surface area contributed by atoms with Gasteiger partial charge in [-0.3, -0.25) is 0 Å². The molecule has 0 amide bonds. The average molecular weight is 261 g/mol. The van der Waals surface area contributed by atoms with Crippen LogP contribution in [0.1, 0.15) is 0 Å². The lowest BCUT2D eigenvalue weighted by molar-refractivity contribution is 0.185. The first-order valence-electron chi connectivity index (χ1n) is 4.91. The lowest BCUT2D eigenvalue weighted by Gasteiger charge is -2.14. The van der Waals surface area contributed by atoms with E-state index in [0.717, 1.165) is 0 Å². The fourth-order valence-corrected chi connectivity index (χ4v) is 2.44. The molecule has 1 rings (SSSR count). The Hall–Kier alpha value is -1.15. The van der Waals surface area contributed by atoms with Crippen LogP contribution in [0.5, 0.6) is 5.75 Å². The SMILES string of the molecule is COc1cccc(S(=O)(=O)NC(CO)CO)c1. The van der Waals surface area contributed by atoms with Crippen LogP contribution in [-0.2, 0) is 10.0 Å². The van der Waals surface area contributed by atoms with Crippen molar-refractivity contribution in [3.63, 3.8) is 0 Å². The maximum atomic E-state index is 11.8. The van der Waals surface area contributed by atoms with Gasteiger partial charge in [0.25, 0.3) is 0 Å². The Morgan fingerprint density at radius 2 is 2.00 bits per heavy atom. The number of nitrogens with one attached hydrogen (secondary N) is 1. The van der Waals surface area contributed by atoms with Crippen LogP contribution < -0.4 is 9.46 Å². The highest BCUT2D eigenvalue weighted by atomic mass is 32.2. The Morgan fingerprint density at radius 3 is 2.53 bits per heavy atom. The van der Waals surface area contributed by atoms with E-state index in [1.807, 2.05) is 0 Å². The zero-order valence-electron chi connectivity index (χ0n) is 9.33. The van der Waals surface area contributed by atoms with Crippen molar-refractivity contribution in [2.75, 3.05) is 20.3 Å². The predicted octanol–water partition coefficient (Wildman–Crippen LogP) is -0.673. The maximum Gasteiger partial charge on any atom is 0.241 e. The second-order valence-electron chi connectivity index (χ2n) is 3.36. The van der Waals surface area contributed by atoms with Gasteiger partial charge in [0.05, 0.1) is 31.3 Å². The van der Waals surface area contributed by atoms with E-state index < -0.39 is 29.3 Å². The smallest absolute Gasteiger partial charge is 0.241 e. The molecule has 7 heteroatoms. The Bertz CT molecular complexity index is 456. The molecule has 0 aliphatic rings. The molecule has 0 radical (unpaired) electrons. The fraction of sp³-hybridized carbons (Fsp3) is 0.400. The average Bonchev–Trinajstić information content (AvgIpc) is 2.36. The van der Waals surface area contributed by atoms with Gasteiger partial charge in [-0.2, -0.15) is 0 Å². The number of aliphatic hydroxyl groups excluding tert-OH is 2. The van der Waals surface area contributed by atoms with Crippen LogP contribution in [-0.4, -0.2) is 45.0 Å². The van der Waals surface area contributed by atoms with Gasteiger partial charge in [-0.1, -0.05) is 6.07 Å². The summed E-state index contributed by atoms with van der Waals surface area (Å²) in [6, 6.07) is 5.01. The molecule has 0 aromatic heterocycles. The molecular weight excluding hydrogens is 246 g/mol. The molecule has 0 aliphatic heterocycles. The highest BCUT2D eigenvalue weighted by molar-refractivity contribution is 7.89. The molecule has 17 heavy (non-hydrogen) atoms. The summed E-state index contributed by atoms with van der Waals surface area (Å²) in [6.07, 6.45) is 0. The van der Waals surface area contributed by atoms with Crippen molar-refractivity contribution in [2.24, 2.45) is 0 Å². The standard InChI is InChI=1S/C10H15NO5S/c1-16-9-3-2-4-10(5-9)17(14,15)11-8(6-12)7-13/h2-5,8,11-13H,6-7H2,1H3. The molecule has 0 saturated carbocycles. The van der Waals surface area contributed by atoms with Crippen LogP contribution in [0.15, 0.2) is 29.2 Å². The number of aliphatic hydroxyl groups is 2. The third kappa shape index (κ3) is 3.67. The molecule has 0 saturated heterocycles. The van der Waals surface area contributed by atoms with Crippen molar-refractivity contribution >= 4 is 10.0 Å². The zero-order chi connectivity index (χ0) is 12.9. The van der Waals surface area contributed by atoms with Crippen molar-refractivity contribution < 1.29 is 23.4 Å². The van der Waals surface area contributed by atoms with Crippen LogP contribution in [0.3, 0.4) is 0 Å². The Morgan fingerprint density at radius 1 is 1.35 bits per heavy atom. The van der Waals surface area contributed by atoms with Crippen LogP contribution in [0.2, 0.25) is 0 Å². The molecule has 96 valence electrons. The number of hydrogen-bond donors (Lipinski definition) is 3. The number of methoxy groups -OCH3 is 1. The van der Waals surface area contributed by atoms with Crippen molar-refractivity contribution in [2.45, 2.75) is 10.9 Å². The Labute approximate surface area is 99.9 Å². The van der Waals surface area contributed by atoms with Gasteiger partial charge in [-0.05, 0) is 12.1 Å². The van der Waals surface area contributed by atoms with Crippen molar-refractivity contribution in [1.29, 1.82) is 0 Å². The molecule has 0 spiro atoms. The number of benzene rings is 1. The number of rotatable bonds is 6. The molecule has 1 aromatic carbocycles. The molecule has 1 aromatic rings. The van der Waals surface area contributed by atoms with Crippen molar-refractivity contribution in [3.8, 4) is 5.75 Å². The van der Waals surface area contributed by atoms with Gasteiger partial charge in [0.2, 0.25) is 10.0 Å². The highest BCUT2D eigenvalue weighted by Gasteiger charge is 2.19. The number of ether oxygens (including phenoxy) is 1. The molecule has 0 heterocycles. The van der Waals surface area contributed by atoms with E-state index in [9.17, 15) is 8.42 Å². The first kappa shape index (κ1) is 13.9. The highest BCUT2D eigenvalue weighted by Crippen LogP contribution is 2.16. The summed E-state index contributed by atoms with van der Waals surface area (Å²) in [5.41, 5.74) is 0. The predicted molar refractivity (Wildman–Crippen MR) is 61.3 cm³/mol.